The smallest absolute Gasteiger partial charge is 0.337 e. The number of ether oxygens (including phenoxy) is 1. The Morgan fingerprint density at radius 3 is 2.48 bits per heavy atom. The van der Waals surface area contributed by atoms with Crippen LogP contribution in [0.5, 0.6) is 0 Å². The zero-order valence-corrected chi connectivity index (χ0v) is 12.0. The predicted molar refractivity (Wildman–Crippen MR) is 78.6 cm³/mol. The molecule has 116 valence electrons. The minimum absolute atomic E-state index is 0.122. The number of benzene rings is 2. The van der Waals surface area contributed by atoms with Gasteiger partial charge in [0.25, 0.3) is 0 Å². The first-order valence-corrected chi connectivity index (χ1v) is 6.69. The number of methoxy groups -OCH3 is 1. The third kappa shape index (κ3) is 2.96. The summed E-state index contributed by atoms with van der Waals surface area (Å²) in [4.78, 5) is 11.4. The van der Waals surface area contributed by atoms with Gasteiger partial charge in [0.1, 0.15) is 17.3 Å². The van der Waals surface area contributed by atoms with Crippen LogP contribution in [0.25, 0.3) is 22.6 Å². The molecule has 4 nitrogen and oxygen atoms in total. The predicted octanol–water partition coefficient (Wildman–Crippen LogP) is 4.07. The van der Waals surface area contributed by atoms with E-state index in [2.05, 4.69) is 9.89 Å². The summed E-state index contributed by atoms with van der Waals surface area (Å²) < 4.78 is 36.4. The second kappa shape index (κ2) is 6.00. The Balaban J connectivity index is 1.91. The lowest BCUT2D eigenvalue weighted by atomic mass is 10.1. The van der Waals surface area contributed by atoms with Gasteiger partial charge in [-0.2, -0.15) is 0 Å². The Labute approximate surface area is 130 Å². The first-order chi connectivity index (χ1) is 11.1. The number of nitrogens with zero attached hydrogens (tertiary/aromatic N) is 1. The zero-order valence-electron chi connectivity index (χ0n) is 12.0. The van der Waals surface area contributed by atoms with E-state index in [1.165, 1.54) is 13.2 Å². The quantitative estimate of drug-likeness (QED) is 0.684. The van der Waals surface area contributed by atoms with Crippen LogP contribution in [0.15, 0.2) is 53.1 Å². The molecule has 3 rings (SSSR count). The number of halogens is 2. The molecule has 1 heterocycles. The second-order valence-electron chi connectivity index (χ2n) is 4.77. The van der Waals surface area contributed by atoms with Crippen molar-refractivity contribution in [3.05, 3.63) is 65.7 Å². The average molecular weight is 315 g/mol. The molecule has 0 atom stereocenters. The van der Waals surface area contributed by atoms with E-state index in [1.807, 2.05) is 0 Å². The molecule has 0 aliphatic heterocycles. The number of carbonyl (C=O) groups is 1. The third-order valence-corrected chi connectivity index (χ3v) is 3.31. The minimum atomic E-state index is -0.728. The van der Waals surface area contributed by atoms with E-state index in [1.54, 1.807) is 30.3 Å². The molecule has 23 heavy (non-hydrogen) atoms. The summed E-state index contributed by atoms with van der Waals surface area (Å²) in [6.07, 6.45) is 0. The standard InChI is InChI=1S/C17H11F2NO3/c1-22-17(21)11-4-2-10(3-5-11)15-9-16(23-20-15)13-7-6-12(18)8-14(13)19/h2-9H,1H3. The highest BCUT2D eigenvalue weighted by Gasteiger charge is 2.14. The van der Waals surface area contributed by atoms with Crippen molar-refractivity contribution in [1.82, 2.24) is 5.16 Å². The Hall–Kier alpha value is -3.02. The maximum atomic E-state index is 13.7. The fourth-order valence-electron chi connectivity index (χ4n) is 2.12. The van der Waals surface area contributed by atoms with Gasteiger partial charge in [0, 0.05) is 17.7 Å². The summed E-state index contributed by atoms with van der Waals surface area (Å²) in [7, 11) is 1.30. The number of rotatable bonds is 3. The van der Waals surface area contributed by atoms with Crippen molar-refractivity contribution in [2.24, 2.45) is 0 Å². The highest BCUT2D eigenvalue weighted by Crippen LogP contribution is 2.28. The van der Waals surface area contributed by atoms with Gasteiger partial charge >= 0.3 is 5.97 Å². The van der Waals surface area contributed by atoms with Crippen LogP contribution in [0.3, 0.4) is 0 Å². The largest absolute Gasteiger partial charge is 0.465 e. The fourth-order valence-corrected chi connectivity index (χ4v) is 2.12. The second-order valence-corrected chi connectivity index (χ2v) is 4.77. The molecule has 0 saturated carbocycles. The molecule has 0 N–H and O–H groups in total. The lowest BCUT2D eigenvalue weighted by molar-refractivity contribution is 0.0601. The SMILES string of the molecule is COC(=O)c1ccc(-c2cc(-c3ccc(F)cc3F)on2)cc1. The van der Waals surface area contributed by atoms with Crippen LogP contribution >= 0.6 is 0 Å². The van der Waals surface area contributed by atoms with Gasteiger partial charge in [-0.1, -0.05) is 17.3 Å². The van der Waals surface area contributed by atoms with Crippen molar-refractivity contribution >= 4 is 5.97 Å². The number of hydrogen-bond donors (Lipinski definition) is 0. The van der Waals surface area contributed by atoms with Crippen molar-refractivity contribution in [3.63, 3.8) is 0 Å². The Morgan fingerprint density at radius 2 is 1.83 bits per heavy atom. The van der Waals surface area contributed by atoms with E-state index >= 15 is 0 Å². The van der Waals surface area contributed by atoms with Gasteiger partial charge in [-0.25, -0.2) is 13.6 Å². The maximum Gasteiger partial charge on any atom is 0.337 e. The van der Waals surface area contributed by atoms with Gasteiger partial charge in [0.15, 0.2) is 5.76 Å². The number of carbonyl (C=O) groups excluding carboxylic acids is 1. The lowest BCUT2D eigenvalue weighted by Gasteiger charge is -2.00. The van der Waals surface area contributed by atoms with Crippen LogP contribution in [0.1, 0.15) is 10.4 Å². The highest BCUT2D eigenvalue weighted by molar-refractivity contribution is 5.89. The van der Waals surface area contributed by atoms with E-state index in [9.17, 15) is 13.6 Å². The summed E-state index contributed by atoms with van der Waals surface area (Å²) in [5.41, 5.74) is 1.69. The van der Waals surface area contributed by atoms with Crippen LogP contribution < -0.4 is 0 Å². The molecular formula is C17H11F2NO3. The van der Waals surface area contributed by atoms with Crippen molar-refractivity contribution in [3.8, 4) is 22.6 Å². The topological polar surface area (TPSA) is 52.3 Å². The average Bonchev–Trinajstić information content (AvgIpc) is 3.04. The number of hydrogen-bond acceptors (Lipinski definition) is 4. The van der Waals surface area contributed by atoms with Gasteiger partial charge < -0.3 is 9.26 Å². The molecule has 0 aliphatic carbocycles. The molecule has 0 spiro atoms. The molecular weight excluding hydrogens is 304 g/mol. The fraction of sp³-hybridized carbons (Fsp3) is 0.0588. The molecule has 0 unspecified atom stereocenters. The number of aromatic nitrogens is 1. The minimum Gasteiger partial charge on any atom is -0.465 e. The van der Waals surface area contributed by atoms with E-state index in [0.717, 1.165) is 12.1 Å². The monoisotopic (exact) mass is 315 g/mol. The third-order valence-electron chi connectivity index (χ3n) is 3.31. The zero-order chi connectivity index (χ0) is 16.4. The van der Waals surface area contributed by atoms with Crippen LogP contribution in [0.2, 0.25) is 0 Å². The maximum absolute atomic E-state index is 13.7. The highest BCUT2D eigenvalue weighted by atomic mass is 19.1. The molecule has 0 radical (unpaired) electrons. The van der Waals surface area contributed by atoms with Gasteiger partial charge in [0.05, 0.1) is 18.2 Å². The van der Waals surface area contributed by atoms with Crippen LogP contribution in [0, 0.1) is 11.6 Å². The van der Waals surface area contributed by atoms with Gasteiger partial charge in [-0.3, -0.25) is 0 Å². The first-order valence-electron chi connectivity index (χ1n) is 6.69. The van der Waals surface area contributed by atoms with Gasteiger partial charge in [0.2, 0.25) is 0 Å². The molecule has 2 aromatic carbocycles. The lowest BCUT2D eigenvalue weighted by Crippen LogP contribution is -2.00. The van der Waals surface area contributed by atoms with E-state index in [-0.39, 0.29) is 11.3 Å². The first kappa shape index (κ1) is 14.9. The summed E-state index contributed by atoms with van der Waals surface area (Å²) in [5.74, 6) is -1.64. The van der Waals surface area contributed by atoms with Crippen LogP contribution in [0.4, 0.5) is 8.78 Å². The van der Waals surface area contributed by atoms with Crippen molar-refractivity contribution in [1.29, 1.82) is 0 Å². The molecule has 0 bridgehead atoms. The molecule has 0 saturated heterocycles. The Bertz CT molecular complexity index is 857. The molecule has 6 heteroatoms. The van der Waals surface area contributed by atoms with Crippen molar-refractivity contribution < 1.29 is 22.8 Å². The van der Waals surface area contributed by atoms with E-state index < -0.39 is 17.6 Å². The molecule has 0 amide bonds. The molecule has 0 fully saturated rings. The van der Waals surface area contributed by atoms with E-state index in [0.29, 0.717) is 16.8 Å². The Morgan fingerprint density at radius 1 is 1.09 bits per heavy atom. The van der Waals surface area contributed by atoms with Gasteiger partial charge in [-0.15, -0.1) is 0 Å². The molecule has 1 aromatic heterocycles. The molecule has 3 aromatic rings. The van der Waals surface area contributed by atoms with Gasteiger partial charge in [-0.05, 0) is 24.3 Å². The normalized spacial score (nSPS) is 10.6. The van der Waals surface area contributed by atoms with Crippen molar-refractivity contribution in [2.75, 3.05) is 7.11 Å². The summed E-state index contributed by atoms with van der Waals surface area (Å²) >= 11 is 0. The number of esters is 1. The summed E-state index contributed by atoms with van der Waals surface area (Å²) in [6, 6.07) is 11.3. The van der Waals surface area contributed by atoms with Crippen molar-refractivity contribution in [2.45, 2.75) is 0 Å². The van der Waals surface area contributed by atoms with E-state index in [4.69, 9.17) is 4.52 Å². The molecule has 0 aliphatic rings. The van der Waals surface area contributed by atoms with Crippen LogP contribution in [-0.2, 0) is 4.74 Å². The van der Waals surface area contributed by atoms with Crippen LogP contribution in [-0.4, -0.2) is 18.2 Å². The summed E-state index contributed by atoms with van der Waals surface area (Å²) in [6.45, 7) is 0. The summed E-state index contributed by atoms with van der Waals surface area (Å²) in [5, 5.41) is 3.87. The Kier molecular flexibility index (Phi) is 3.89.